The number of carbonyl (C=O) groups excluding carboxylic acids is 3. The van der Waals surface area contributed by atoms with E-state index in [0.717, 1.165) is 36.7 Å². The quantitative estimate of drug-likeness (QED) is 0.507. The molecule has 2 aliphatic heterocycles. The summed E-state index contributed by atoms with van der Waals surface area (Å²) in [6.07, 6.45) is 6.19. The summed E-state index contributed by atoms with van der Waals surface area (Å²) in [6.45, 7) is 1.48. The van der Waals surface area contributed by atoms with Gasteiger partial charge in [-0.15, -0.1) is 0 Å². The second kappa shape index (κ2) is 7.42. The molecule has 0 spiro atoms. The first-order chi connectivity index (χ1) is 12.1. The van der Waals surface area contributed by atoms with Crippen LogP contribution in [0.15, 0.2) is 22.2 Å². The minimum atomic E-state index is -0.661. The van der Waals surface area contributed by atoms with Crippen molar-refractivity contribution >= 4 is 29.9 Å². The lowest BCUT2D eigenvalue weighted by atomic mass is 10.2. The third-order valence-electron chi connectivity index (χ3n) is 4.29. The predicted molar refractivity (Wildman–Crippen MR) is 89.6 cm³/mol. The average Bonchev–Trinajstić information content (AvgIpc) is 3.03. The summed E-state index contributed by atoms with van der Waals surface area (Å²) in [5, 5.41) is 2.45. The number of ether oxygens (including phenoxy) is 1. The van der Waals surface area contributed by atoms with Crippen molar-refractivity contribution < 1.29 is 23.5 Å². The molecule has 0 aliphatic carbocycles. The molecule has 0 bridgehead atoms. The van der Waals surface area contributed by atoms with Gasteiger partial charge in [-0.05, 0) is 18.9 Å². The zero-order valence-corrected chi connectivity index (χ0v) is 14.1. The van der Waals surface area contributed by atoms with Gasteiger partial charge in [-0.2, -0.15) is 0 Å². The third kappa shape index (κ3) is 3.84. The Kier molecular flexibility index (Phi) is 5.06. The normalized spacial score (nSPS) is 20.0. The second-order valence-electron chi connectivity index (χ2n) is 6.03. The molecule has 25 heavy (non-hydrogen) atoms. The second-order valence-corrected chi connectivity index (χ2v) is 6.03. The smallest absolute Gasteiger partial charge is 0.329 e. The average molecular weight is 347 g/mol. The SMILES string of the molecule is COC(=O)CN1C(=O)NC(=Cc2ccc(N3CCCCCC3)o2)C1=O. The van der Waals surface area contributed by atoms with E-state index in [0.29, 0.717) is 5.76 Å². The fraction of sp³-hybridized carbons (Fsp3) is 0.471. The lowest BCUT2D eigenvalue weighted by Crippen LogP contribution is -2.36. The van der Waals surface area contributed by atoms with Gasteiger partial charge < -0.3 is 19.4 Å². The number of amides is 3. The number of hydrogen-bond acceptors (Lipinski definition) is 6. The van der Waals surface area contributed by atoms with E-state index < -0.39 is 24.5 Å². The molecule has 2 saturated heterocycles. The number of hydrogen-bond donors (Lipinski definition) is 1. The molecular formula is C17H21N3O5. The first-order valence-corrected chi connectivity index (χ1v) is 8.34. The number of anilines is 1. The monoisotopic (exact) mass is 347 g/mol. The molecule has 0 radical (unpaired) electrons. The van der Waals surface area contributed by atoms with Crippen LogP contribution in [0.5, 0.6) is 0 Å². The minimum absolute atomic E-state index is 0.0747. The molecule has 8 heteroatoms. The third-order valence-corrected chi connectivity index (χ3v) is 4.29. The number of urea groups is 1. The highest BCUT2D eigenvalue weighted by Gasteiger charge is 2.35. The van der Waals surface area contributed by atoms with Crippen LogP contribution in [0.1, 0.15) is 31.4 Å². The van der Waals surface area contributed by atoms with Crippen LogP contribution in [0.2, 0.25) is 0 Å². The van der Waals surface area contributed by atoms with Crippen LogP contribution in [-0.4, -0.2) is 49.6 Å². The molecule has 8 nitrogen and oxygen atoms in total. The van der Waals surface area contributed by atoms with Crippen LogP contribution < -0.4 is 10.2 Å². The Morgan fingerprint density at radius 2 is 1.96 bits per heavy atom. The van der Waals surface area contributed by atoms with Crippen molar-refractivity contribution in [2.75, 3.05) is 31.6 Å². The van der Waals surface area contributed by atoms with Gasteiger partial charge in [-0.25, -0.2) is 9.69 Å². The Hall–Kier alpha value is -2.77. The highest BCUT2D eigenvalue weighted by Crippen LogP contribution is 2.24. The van der Waals surface area contributed by atoms with E-state index in [1.165, 1.54) is 26.0 Å². The van der Waals surface area contributed by atoms with Gasteiger partial charge >= 0.3 is 12.0 Å². The Balaban J connectivity index is 1.72. The molecular weight excluding hydrogens is 326 g/mol. The van der Waals surface area contributed by atoms with Crippen molar-refractivity contribution in [2.24, 2.45) is 0 Å². The Bertz CT molecular complexity index is 701. The zero-order valence-electron chi connectivity index (χ0n) is 14.1. The van der Waals surface area contributed by atoms with E-state index in [2.05, 4.69) is 15.0 Å². The fourth-order valence-electron chi connectivity index (χ4n) is 2.93. The van der Waals surface area contributed by atoms with Crippen LogP contribution >= 0.6 is 0 Å². The maximum Gasteiger partial charge on any atom is 0.329 e. The van der Waals surface area contributed by atoms with Gasteiger partial charge in [0.05, 0.1) is 7.11 Å². The summed E-state index contributed by atoms with van der Waals surface area (Å²) in [4.78, 5) is 38.4. The van der Waals surface area contributed by atoms with E-state index in [1.54, 1.807) is 6.07 Å². The van der Waals surface area contributed by atoms with Gasteiger partial charge in [0.25, 0.3) is 5.91 Å². The maximum absolute atomic E-state index is 12.2. The van der Waals surface area contributed by atoms with Crippen LogP contribution in [0.4, 0.5) is 10.7 Å². The molecule has 0 unspecified atom stereocenters. The molecule has 3 amide bonds. The van der Waals surface area contributed by atoms with Gasteiger partial charge in [0.2, 0.25) is 0 Å². The summed E-state index contributed by atoms with van der Waals surface area (Å²) < 4.78 is 10.3. The van der Waals surface area contributed by atoms with Crippen molar-refractivity contribution in [1.82, 2.24) is 10.2 Å². The first-order valence-electron chi connectivity index (χ1n) is 8.34. The van der Waals surface area contributed by atoms with Crippen molar-refractivity contribution in [3.05, 3.63) is 23.6 Å². The van der Waals surface area contributed by atoms with E-state index in [4.69, 9.17) is 4.42 Å². The van der Waals surface area contributed by atoms with Crippen LogP contribution in [0, 0.1) is 0 Å². The number of furan rings is 1. The molecule has 1 aromatic rings. The molecule has 0 aromatic carbocycles. The highest BCUT2D eigenvalue weighted by molar-refractivity contribution is 6.15. The molecule has 2 aliphatic rings. The predicted octanol–water partition coefficient (Wildman–Crippen LogP) is 1.73. The van der Waals surface area contributed by atoms with Crippen LogP contribution in [0.3, 0.4) is 0 Å². The molecule has 3 rings (SSSR count). The van der Waals surface area contributed by atoms with E-state index >= 15 is 0 Å². The summed E-state index contributed by atoms with van der Waals surface area (Å²) in [5.41, 5.74) is 0.0747. The number of esters is 1. The number of carbonyl (C=O) groups is 3. The van der Waals surface area contributed by atoms with Crippen molar-refractivity contribution in [2.45, 2.75) is 25.7 Å². The van der Waals surface area contributed by atoms with E-state index in [9.17, 15) is 14.4 Å². The topological polar surface area (TPSA) is 92.1 Å². The molecule has 134 valence electrons. The number of methoxy groups -OCH3 is 1. The van der Waals surface area contributed by atoms with Gasteiger partial charge in [-0.3, -0.25) is 9.59 Å². The van der Waals surface area contributed by atoms with Gasteiger partial charge in [-0.1, -0.05) is 12.8 Å². The standard InChI is InChI=1S/C17H21N3O5/c1-24-15(21)11-20-16(22)13(18-17(20)23)10-12-6-7-14(25-12)19-8-4-2-3-5-9-19/h6-7,10H,2-5,8-9,11H2,1H3,(H,18,23). The Morgan fingerprint density at radius 3 is 2.64 bits per heavy atom. The van der Waals surface area contributed by atoms with Crippen LogP contribution in [0.25, 0.3) is 6.08 Å². The molecule has 0 atom stereocenters. The number of rotatable bonds is 4. The summed E-state index contributed by atoms with van der Waals surface area (Å²) in [5.74, 6) is -0.00549. The molecule has 1 N–H and O–H groups in total. The number of nitrogens with one attached hydrogen (secondary N) is 1. The lowest BCUT2D eigenvalue weighted by molar-refractivity contribution is -0.143. The van der Waals surface area contributed by atoms with E-state index in [-0.39, 0.29) is 5.70 Å². The summed E-state index contributed by atoms with van der Waals surface area (Å²) in [6, 6.07) is 2.97. The van der Waals surface area contributed by atoms with Crippen molar-refractivity contribution in [3.63, 3.8) is 0 Å². The van der Waals surface area contributed by atoms with E-state index in [1.807, 2.05) is 6.07 Å². The molecule has 1 aromatic heterocycles. The van der Waals surface area contributed by atoms with Gasteiger partial charge in [0.1, 0.15) is 18.0 Å². The first kappa shape index (κ1) is 17.1. The maximum atomic E-state index is 12.2. The fourth-order valence-corrected chi connectivity index (χ4v) is 2.93. The number of imide groups is 1. The Morgan fingerprint density at radius 1 is 1.24 bits per heavy atom. The molecule has 0 saturated carbocycles. The molecule has 2 fully saturated rings. The van der Waals surface area contributed by atoms with Crippen molar-refractivity contribution in [1.29, 1.82) is 0 Å². The zero-order chi connectivity index (χ0) is 17.8. The Labute approximate surface area is 145 Å². The van der Waals surface area contributed by atoms with Gasteiger partial charge in [0.15, 0.2) is 5.88 Å². The largest absolute Gasteiger partial charge is 0.468 e. The molecule has 3 heterocycles. The summed E-state index contributed by atoms with van der Waals surface area (Å²) >= 11 is 0. The van der Waals surface area contributed by atoms with Crippen LogP contribution in [-0.2, 0) is 14.3 Å². The number of nitrogens with zero attached hydrogens (tertiary/aromatic N) is 2. The lowest BCUT2D eigenvalue weighted by Gasteiger charge is -2.18. The van der Waals surface area contributed by atoms with Gasteiger partial charge in [0, 0.05) is 25.2 Å². The highest BCUT2D eigenvalue weighted by atomic mass is 16.5. The minimum Gasteiger partial charge on any atom is -0.468 e. The summed E-state index contributed by atoms with van der Waals surface area (Å²) in [7, 11) is 1.20. The van der Waals surface area contributed by atoms with Crippen molar-refractivity contribution in [3.8, 4) is 0 Å².